The Hall–Kier alpha value is -2.56. The Morgan fingerprint density at radius 3 is 1.94 bits per heavy atom. The Morgan fingerprint density at radius 2 is 1.41 bits per heavy atom. The molecular formula is C28H26F2O2SiZr. The summed E-state index contributed by atoms with van der Waals surface area (Å²) in [6, 6.07) is 20.8. The molecule has 6 heteroatoms. The van der Waals surface area contributed by atoms with E-state index in [-0.39, 0.29) is 15.3 Å². The van der Waals surface area contributed by atoms with Gasteiger partial charge in [0.05, 0.1) is 0 Å². The molecule has 0 saturated carbocycles. The van der Waals surface area contributed by atoms with Gasteiger partial charge >= 0.3 is 202 Å². The van der Waals surface area contributed by atoms with E-state index in [1.165, 1.54) is 33.1 Å². The van der Waals surface area contributed by atoms with Crippen LogP contribution in [-0.2, 0) is 18.3 Å². The van der Waals surface area contributed by atoms with E-state index in [0.29, 0.717) is 11.5 Å². The molecule has 172 valence electrons. The standard InChI is InChI=1S/C9H7.2C6H5FO.C5H5.C2H6Si.Zr/c1-2-5-9-7-3-6-8(9)4-1;2*7-5-1-3-6(8)4-2-5;1-2-4-5-3-1;1-3-2;/h1-7H;2*1-4,8H;1-3H,4H2;1-2H3;/q;;;;;+2/p-2. The summed E-state index contributed by atoms with van der Waals surface area (Å²) in [5, 5.41) is 0. The predicted molar refractivity (Wildman–Crippen MR) is 132 cm³/mol. The summed E-state index contributed by atoms with van der Waals surface area (Å²) in [5.41, 5.74) is 1.06. The second-order valence-electron chi connectivity index (χ2n) is 9.04. The molecule has 3 aromatic rings. The summed E-state index contributed by atoms with van der Waals surface area (Å²) in [6.45, 7) is 4.52. The van der Waals surface area contributed by atoms with Crippen LogP contribution in [0.2, 0.25) is 13.1 Å². The van der Waals surface area contributed by atoms with Crippen molar-refractivity contribution < 1.29 is 32.7 Å². The molecule has 2 aliphatic carbocycles. The van der Waals surface area contributed by atoms with Crippen LogP contribution in [0, 0.1) is 11.6 Å². The zero-order valence-electron chi connectivity index (χ0n) is 19.2. The van der Waals surface area contributed by atoms with Crippen LogP contribution in [0.1, 0.15) is 21.2 Å². The Bertz CT molecular complexity index is 1350. The summed E-state index contributed by atoms with van der Waals surface area (Å²) >= 11 is -5.07. The number of hydrogen-bond acceptors (Lipinski definition) is 2. The van der Waals surface area contributed by atoms with E-state index < -0.39 is 23.7 Å². The molecule has 2 aliphatic rings. The van der Waals surface area contributed by atoms with Crippen molar-refractivity contribution in [3.05, 3.63) is 123 Å². The first-order chi connectivity index (χ1) is 16.4. The molecule has 0 bridgehead atoms. The second-order valence-corrected chi connectivity index (χ2v) is 33.7. The molecular weight excluding hydrogens is 526 g/mol. The quantitative estimate of drug-likeness (QED) is 0.291. The Kier molecular flexibility index (Phi) is 6.07. The summed E-state index contributed by atoms with van der Waals surface area (Å²) < 4.78 is 43.3. The Balaban J connectivity index is 1.84. The zero-order chi connectivity index (χ0) is 23.8. The average molecular weight is 552 g/mol. The van der Waals surface area contributed by atoms with Crippen molar-refractivity contribution in [2.24, 2.45) is 0 Å². The van der Waals surface area contributed by atoms with Crippen molar-refractivity contribution in [1.29, 1.82) is 0 Å². The summed E-state index contributed by atoms with van der Waals surface area (Å²) in [4.78, 5) is 0. The van der Waals surface area contributed by atoms with Gasteiger partial charge < -0.3 is 0 Å². The summed E-state index contributed by atoms with van der Waals surface area (Å²) in [6.07, 6.45) is 11.5. The number of halogens is 2. The van der Waals surface area contributed by atoms with Gasteiger partial charge in [0.15, 0.2) is 0 Å². The number of benzene rings is 3. The van der Waals surface area contributed by atoms with Gasteiger partial charge in [-0.25, -0.2) is 0 Å². The van der Waals surface area contributed by atoms with Gasteiger partial charge in [0.1, 0.15) is 0 Å². The number of rotatable bonds is 6. The van der Waals surface area contributed by atoms with E-state index in [0.717, 1.165) is 12.0 Å². The van der Waals surface area contributed by atoms with Crippen LogP contribution in [0.5, 0.6) is 11.5 Å². The van der Waals surface area contributed by atoms with Gasteiger partial charge in [-0.15, -0.1) is 0 Å². The Labute approximate surface area is 201 Å². The van der Waals surface area contributed by atoms with Gasteiger partial charge in [-0.3, -0.25) is 0 Å². The van der Waals surface area contributed by atoms with Crippen molar-refractivity contribution in [2.75, 3.05) is 0 Å². The molecule has 0 aliphatic heterocycles. The molecule has 0 amide bonds. The van der Waals surface area contributed by atoms with E-state index in [2.05, 4.69) is 61.7 Å². The van der Waals surface area contributed by atoms with Crippen LogP contribution in [0.4, 0.5) is 8.78 Å². The number of hydrogen-bond donors (Lipinski definition) is 0. The fraction of sp³-hybridized carbons (Fsp3) is 0.143. The Morgan fingerprint density at radius 1 is 0.824 bits per heavy atom. The molecule has 1 atom stereocenters. The van der Waals surface area contributed by atoms with Gasteiger partial charge in [-0.2, -0.15) is 0 Å². The maximum absolute atomic E-state index is 13.8. The molecule has 2 nitrogen and oxygen atoms in total. The molecule has 0 N–H and O–H groups in total. The molecule has 0 spiro atoms. The van der Waals surface area contributed by atoms with E-state index in [1.54, 1.807) is 24.3 Å². The van der Waals surface area contributed by atoms with Crippen LogP contribution in [0.15, 0.2) is 100 Å². The van der Waals surface area contributed by atoms with Gasteiger partial charge in [0.2, 0.25) is 0 Å². The molecule has 1 unspecified atom stereocenters. The van der Waals surface area contributed by atoms with E-state index >= 15 is 0 Å². The van der Waals surface area contributed by atoms with Crippen LogP contribution < -0.4 is 5.63 Å². The molecule has 5 rings (SSSR count). The third kappa shape index (κ3) is 3.68. The fourth-order valence-electron chi connectivity index (χ4n) is 5.29. The number of fused-ring (bicyclic) bond motifs is 1. The van der Waals surface area contributed by atoms with E-state index in [1.807, 2.05) is 6.07 Å². The SMILES string of the molecule is C[Si](C)=[Zr]([O]c1ccc(F)cc1)([O]c1ccc(F)cc1)([C]1=CC=CC1)[CH]1C=Cc2ccccc21. The zero-order valence-corrected chi connectivity index (χ0v) is 22.6. The van der Waals surface area contributed by atoms with Gasteiger partial charge in [0, 0.05) is 0 Å². The van der Waals surface area contributed by atoms with Gasteiger partial charge in [-0.1, -0.05) is 0 Å². The van der Waals surface area contributed by atoms with Crippen LogP contribution in [0.25, 0.3) is 6.08 Å². The minimum absolute atomic E-state index is 0.0669. The van der Waals surface area contributed by atoms with Crippen molar-refractivity contribution >= 4 is 11.5 Å². The normalized spacial score (nSPS) is 16.9. The first-order valence-corrected chi connectivity index (χ1v) is 22.3. The topological polar surface area (TPSA) is 18.5 Å². The molecule has 0 saturated heterocycles. The number of allylic oxidation sites excluding steroid dienone is 5. The van der Waals surface area contributed by atoms with Gasteiger partial charge in [0.25, 0.3) is 0 Å². The van der Waals surface area contributed by atoms with Gasteiger partial charge in [-0.05, 0) is 0 Å². The molecule has 0 fully saturated rings. The third-order valence-corrected chi connectivity index (χ3v) is 38.8. The molecule has 0 radical (unpaired) electrons. The molecule has 3 aromatic carbocycles. The third-order valence-electron chi connectivity index (χ3n) is 6.96. The van der Waals surface area contributed by atoms with Crippen molar-refractivity contribution in [1.82, 2.24) is 0 Å². The molecule has 34 heavy (non-hydrogen) atoms. The van der Waals surface area contributed by atoms with Crippen molar-refractivity contribution in [3.63, 3.8) is 0 Å². The fourth-order valence-corrected chi connectivity index (χ4v) is 34.0. The molecule has 0 aromatic heterocycles. The van der Waals surface area contributed by atoms with Crippen molar-refractivity contribution in [3.8, 4) is 11.5 Å². The average Bonchev–Trinajstić information content (AvgIpc) is 3.53. The maximum atomic E-state index is 13.8. The monoisotopic (exact) mass is 550 g/mol. The summed E-state index contributed by atoms with van der Waals surface area (Å²) in [7, 11) is 0. The first kappa shape index (κ1) is 23.2. The second kappa shape index (κ2) is 8.90. The first-order valence-electron chi connectivity index (χ1n) is 11.4. The summed E-state index contributed by atoms with van der Waals surface area (Å²) in [5.74, 6) is 0.581. The van der Waals surface area contributed by atoms with Crippen LogP contribution in [0.3, 0.4) is 0 Å². The van der Waals surface area contributed by atoms with E-state index in [4.69, 9.17) is 5.63 Å². The van der Waals surface area contributed by atoms with Crippen LogP contribution >= 0.6 is 0 Å². The van der Waals surface area contributed by atoms with Crippen molar-refractivity contribution in [2.45, 2.75) is 23.1 Å². The predicted octanol–water partition coefficient (Wildman–Crippen LogP) is 7.81. The van der Waals surface area contributed by atoms with Crippen LogP contribution in [-0.4, -0.2) is 5.43 Å². The van der Waals surface area contributed by atoms with E-state index in [9.17, 15) is 8.78 Å². The molecule has 0 heterocycles. The minimum atomic E-state index is -5.07.